The maximum absolute atomic E-state index is 13.0. The number of benzene rings is 2. The van der Waals surface area contributed by atoms with Gasteiger partial charge in [-0.15, -0.1) is 0 Å². The fourth-order valence-electron chi connectivity index (χ4n) is 3.23. The van der Waals surface area contributed by atoms with Gasteiger partial charge in [0, 0.05) is 6.42 Å². The van der Waals surface area contributed by atoms with Crippen molar-refractivity contribution in [3.8, 4) is 11.5 Å². The summed E-state index contributed by atoms with van der Waals surface area (Å²) in [4.78, 5) is 27.2. The van der Waals surface area contributed by atoms with Crippen LogP contribution in [-0.2, 0) is 9.59 Å². The largest absolute Gasteiger partial charge is 0.494 e. The van der Waals surface area contributed by atoms with E-state index in [0.29, 0.717) is 27.3 Å². The van der Waals surface area contributed by atoms with Crippen molar-refractivity contribution in [2.24, 2.45) is 5.92 Å². The molecule has 0 spiro atoms. The van der Waals surface area contributed by atoms with Gasteiger partial charge < -0.3 is 14.8 Å². The van der Waals surface area contributed by atoms with Crippen molar-refractivity contribution < 1.29 is 19.1 Å². The number of nitrogens with one attached hydrogen (secondary N) is 1. The lowest BCUT2D eigenvalue weighted by Crippen LogP contribution is -2.48. The second kappa shape index (κ2) is 12.5. The maximum Gasteiger partial charge on any atom is 0.270 e. The number of rotatable bonds is 9. The van der Waals surface area contributed by atoms with E-state index in [1.807, 2.05) is 20.8 Å². The van der Waals surface area contributed by atoms with Gasteiger partial charge in [0.2, 0.25) is 15.9 Å². The van der Waals surface area contributed by atoms with Crippen LogP contribution in [-0.4, -0.2) is 32.8 Å². The standard InChI is InChI=1S/C25H25Cl3N2O4S2/c1-4-33-18-11-7-17(8-12-18)30-22(32)20(36-24(30)35)14-16-5-9-19(10-6-16)34-23(25(26,27)28)29-21(31)13-15(2)3/h5-12,14-15,23H,4,13H2,1-3H3,(H,29,31). The van der Waals surface area contributed by atoms with Crippen molar-refractivity contribution >= 4 is 86.7 Å². The van der Waals surface area contributed by atoms with Crippen molar-refractivity contribution in [2.45, 2.75) is 37.2 Å². The summed E-state index contributed by atoms with van der Waals surface area (Å²) in [6, 6.07) is 14.0. The molecule has 0 radical (unpaired) electrons. The summed E-state index contributed by atoms with van der Waals surface area (Å²) in [6.45, 7) is 6.29. The van der Waals surface area contributed by atoms with Crippen molar-refractivity contribution in [1.82, 2.24) is 5.32 Å². The van der Waals surface area contributed by atoms with Crippen LogP contribution in [0.2, 0.25) is 0 Å². The molecular formula is C25H25Cl3N2O4S2. The highest BCUT2D eigenvalue weighted by molar-refractivity contribution is 8.27. The van der Waals surface area contributed by atoms with E-state index in [1.54, 1.807) is 54.6 Å². The van der Waals surface area contributed by atoms with E-state index >= 15 is 0 Å². The molecule has 1 heterocycles. The highest BCUT2D eigenvalue weighted by Gasteiger charge is 2.36. The Bertz CT molecular complexity index is 1130. The molecule has 192 valence electrons. The second-order valence-corrected chi connectivity index (χ2v) is 12.3. The Hall–Kier alpha value is -1.97. The molecule has 2 aromatic rings. The number of ether oxygens (including phenoxy) is 2. The quantitative estimate of drug-likeness (QED) is 0.152. The van der Waals surface area contributed by atoms with E-state index in [1.165, 1.54) is 16.7 Å². The van der Waals surface area contributed by atoms with Crippen LogP contribution < -0.4 is 19.7 Å². The summed E-state index contributed by atoms with van der Waals surface area (Å²) in [6.07, 6.45) is 0.841. The van der Waals surface area contributed by atoms with E-state index in [9.17, 15) is 9.59 Å². The number of thioether (sulfide) groups is 1. The monoisotopic (exact) mass is 586 g/mol. The molecular weight excluding hydrogens is 563 g/mol. The lowest BCUT2D eigenvalue weighted by atomic mass is 10.1. The second-order valence-electron chi connectivity index (χ2n) is 8.22. The molecule has 2 aromatic carbocycles. The molecule has 0 aliphatic carbocycles. The van der Waals surface area contributed by atoms with Crippen LogP contribution in [0, 0.1) is 5.92 Å². The fourth-order valence-corrected chi connectivity index (χ4v) is 4.83. The van der Waals surface area contributed by atoms with Gasteiger partial charge in [-0.05, 0) is 60.9 Å². The lowest BCUT2D eigenvalue weighted by Gasteiger charge is -2.26. The molecule has 1 N–H and O–H groups in total. The summed E-state index contributed by atoms with van der Waals surface area (Å²) in [7, 11) is 0. The number of amides is 2. The third-order valence-electron chi connectivity index (χ3n) is 4.81. The number of thiocarbonyl (C=S) groups is 1. The van der Waals surface area contributed by atoms with Crippen LogP contribution >= 0.6 is 58.8 Å². The van der Waals surface area contributed by atoms with Gasteiger partial charge in [-0.1, -0.05) is 84.8 Å². The topological polar surface area (TPSA) is 67.9 Å². The minimum Gasteiger partial charge on any atom is -0.494 e. The van der Waals surface area contributed by atoms with Crippen LogP contribution in [0.4, 0.5) is 5.69 Å². The molecule has 1 unspecified atom stereocenters. The van der Waals surface area contributed by atoms with Gasteiger partial charge >= 0.3 is 0 Å². The first-order chi connectivity index (χ1) is 17.0. The van der Waals surface area contributed by atoms with Gasteiger partial charge in [0.15, 0.2) is 4.32 Å². The van der Waals surface area contributed by atoms with Crippen molar-refractivity contribution in [3.05, 3.63) is 59.0 Å². The Balaban J connectivity index is 1.71. The summed E-state index contributed by atoms with van der Waals surface area (Å²) in [5, 5.41) is 2.61. The molecule has 1 aliphatic rings. The Morgan fingerprint density at radius 2 is 1.72 bits per heavy atom. The minimum absolute atomic E-state index is 0.141. The zero-order valence-electron chi connectivity index (χ0n) is 19.8. The van der Waals surface area contributed by atoms with E-state index < -0.39 is 10.0 Å². The number of alkyl halides is 3. The summed E-state index contributed by atoms with van der Waals surface area (Å²) >= 11 is 24.7. The fraction of sp³-hybridized carbons (Fsp3) is 0.320. The molecule has 1 fully saturated rings. The number of halogens is 3. The van der Waals surface area contributed by atoms with Gasteiger partial charge in [0.05, 0.1) is 17.2 Å². The zero-order valence-corrected chi connectivity index (χ0v) is 23.7. The summed E-state index contributed by atoms with van der Waals surface area (Å²) < 4.78 is 9.76. The third kappa shape index (κ3) is 7.76. The average molecular weight is 588 g/mol. The number of hydrogen-bond donors (Lipinski definition) is 1. The smallest absolute Gasteiger partial charge is 0.270 e. The molecule has 3 rings (SSSR count). The van der Waals surface area contributed by atoms with Gasteiger partial charge in [-0.25, -0.2) is 0 Å². The van der Waals surface area contributed by atoms with Gasteiger partial charge in [0.1, 0.15) is 11.5 Å². The summed E-state index contributed by atoms with van der Waals surface area (Å²) in [5.74, 6) is 0.755. The Morgan fingerprint density at radius 1 is 1.11 bits per heavy atom. The van der Waals surface area contributed by atoms with Crippen LogP contribution in [0.25, 0.3) is 6.08 Å². The van der Waals surface area contributed by atoms with Crippen LogP contribution in [0.1, 0.15) is 32.8 Å². The lowest BCUT2D eigenvalue weighted by molar-refractivity contribution is -0.124. The van der Waals surface area contributed by atoms with Crippen molar-refractivity contribution in [2.75, 3.05) is 11.5 Å². The molecule has 0 aromatic heterocycles. The highest BCUT2D eigenvalue weighted by Crippen LogP contribution is 2.37. The third-order valence-corrected chi connectivity index (χ3v) is 6.71. The van der Waals surface area contributed by atoms with E-state index in [0.717, 1.165) is 11.3 Å². The molecule has 1 saturated heterocycles. The molecule has 6 nitrogen and oxygen atoms in total. The van der Waals surface area contributed by atoms with Crippen LogP contribution in [0.3, 0.4) is 0 Å². The molecule has 11 heteroatoms. The first-order valence-corrected chi connectivity index (χ1v) is 13.5. The number of carbonyl (C=O) groups is 2. The number of hydrogen-bond acceptors (Lipinski definition) is 6. The first-order valence-electron chi connectivity index (χ1n) is 11.1. The number of nitrogens with zero attached hydrogens (tertiary/aromatic N) is 1. The molecule has 36 heavy (non-hydrogen) atoms. The van der Waals surface area contributed by atoms with E-state index in [4.69, 9.17) is 56.5 Å². The van der Waals surface area contributed by atoms with Gasteiger partial charge in [-0.2, -0.15) is 0 Å². The van der Waals surface area contributed by atoms with Gasteiger partial charge in [0.25, 0.3) is 5.91 Å². The number of carbonyl (C=O) groups excluding carboxylic acids is 2. The SMILES string of the molecule is CCOc1ccc(N2C(=O)C(=Cc3ccc(OC(NC(=O)CC(C)C)C(Cl)(Cl)Cl)cc3)SC2=S)cc1. The zero-order chi connectivity index (χ0) is 26.5. The van der Waals surface area contributed by atoms with Crippen LogP contribution in [0.5, 0.6) is 11.5 Å². The molecule has 2 amide bonds. The van der Waals surface area contributed by atoms with Crippen LogP contribution in [0.15, 0.2) is 53.4 Å². The van der Waals surface area contributed by atoms with Crippen molar-refractivity contribution in [3.63, 3.8) is 0 Å². The normalized spacial score (nSPS) is 16.0. The highest BCUT2D eigenvalue weighted by atomic mass is 35.6. The van der Waals surface area contributed by atoms with Crippen molar-refractivity contribution in [1.29, 1.82) is 0 Å². The van der Waals surface area contributed by atoms with E-state index in [-0.39, 0.29) is 24.2 Å². The molecule has 0 saturated carbocycles. The maximum atomic E-state index is 13.0. The predicted molar refractivity (Wildman–Crippen MR) is 152 cm³/mol. The molecule has 1 atom stereocenters. The Labute approximate surface area is 235 Å². The Kier molecular flexibility index (Phi) is 9.94. The van der Waals surface area contributed by atoms with Gasteiger partial charge in [-0.3, -0.25) is 14.5 Å². The first kappa shape index (κ1) is 28.6. The number of anilines is 1. The minimum atomic E-state index is -1.87. The molecule has 0 bridgehead atoms. The predicted octanol–water partition coefficient (Wildman–Crippen LogP) is 6.73. The Morgan fingerprint density at radius 3 is 2.28 bits per heavy atom. The average Bonchev–Trinajstić information content (AvgIpc) is 3.07. The molecule has 1 aliphatic heterocycles. The van der Waals surface area contributed by atoms with E-state index in [2.05, 4.69) is 5.32 Å². The summed E-state index contributed by atoms with van der Waals surface area (Å²) in [5.41, 5.74) is 1.43.